The number of hydrogen-bond acceptors (Lipinski definition) is 3. The lowest BCUT2D eigenvalue weighted by atomic mass is 9.96. The third kappa shape index (κ3) is 2.68. The van der Waals surface area contributed by atoms with Crippen LogP contribution in [0.5, 0.6) is 0 Å². The van der Waals surface area contributed by atoms with Gasteiger partial charge in [0.1, 0.15) is 12.1 Å². The average molecular weight is 286 g/mol. The molecule has 0 aromatic carbocycles. The lowest BCUT2D eigenvalue weighted by Crippen LogP contribution is -2.64. The Morgan fingerprint density at radius 3 is 2.58 bits per heavy atom. The highest BCUT2D eigenvalue weighted by molar-refractivity contribution is 7.84. The first-order valence-corrected chi connectivity index (χ1v) is 8.57. The second-order valence-electron chi connectivity index (χ2n) is 5.69. The van der Waals surface area contributed by atoms with E-state index in [2.05, 4.69) is 0 Å². The van der Waals surface area contributed by atoms with Gasteiger partial charge in [0.15, 0.2) is 0 Å². The third-order valence-corrected chi connectivity index (χ3v) is 4.70. The molecule has 0 spiro atoms. The van der Waals surface area contributed by atoms with E-state index in [9.17, 15) is 13.8 Å². The van der Waals surface area contributed by atoms with E-state index in [1.165, 1.54) is 0 Å². The summed E-state index contributed by atoms with van der Waals surface area (Å²) < 4.78 is 11.3. The van der Waals surface area contributed by atoms with Crippen LogP contribution in [-0.4, -0.2) is 63.0 Å². The van der Waals surface area contributed by atoms with Gasteiger partial charge in [-0.3, -0.25) is 13.8 Å². The van der Waals surface area contributed by atoms with Gasteiger partial charge in [-0.25, -0.2) is 0 Å². The molecule has 2 amide bonds. The minimum atomic E-state index is -0.947. The molecule has 0 bridgehead atoms. The predicted octanol–water partition coefficient (Wildman–Crippen LogP) is 0.223. The normalized spacial score (nSPS) is 29.1. The van der Waals surface area contributed by atoms with Crippen molar-refractivity contribution in [1.82, 2.24) is 9.80 Å². The van der Waals surface area contributed by atoms with Gasteiger partial charge in [0.2, 0.25) is 11.8 Å². The number of fused-ring (bicyclic) bond motifs is 1. The molecule has 0 N–H and O–H groups in total. The van der Waals surface area contributed by atoms with Crippen molar-refractivity contribution < 1.29 is 13.8 Å². The van der Waals surface area contributed by atoms with Crippen LogP contribution in [0.3, 0.4) is 0 Å². The fourth-order valence-corrected chi connectivity index (χ4v) is 3.49. The van der Waals surface area contributed by atoms with Crippen molar-refractivity contribution >= 4 is 22.6 Å². The fraction of sp³-hybridized carbons (Fsp3) is 0.846. The standard InChI is InChI=1S/C13H22N2O3S/c1-9(2)11-13(17)14-6-4-5-10(14)12(16)15(11)7-8-19(3)18/h9-11H,4-8H2,1-3H3. The molecule has 2 aliphatic rings. The topological polar surface area (TPSA) is 57.7 Å². The molecule has 5 nitrogen and oxygen atoms in total. The van der Waals surface area contributed by atoms with Crippen LogP contribution in [0.25, 0.3) is 0 Å². The Bertz CT molecular complexity index is 411. The number of carbonyl (C=O) groups excluding carboxylic acids is 2. The molecule has 0 radical (unpaired) electrons. The number of hydrogen-bond donors (Lipinski definition) is 0. The maximum absolute atomic E-state index is 12.5. The van der Waals surface area contributed by atoms with Gasteiger partial charge in [0.05, 0.1) is 0 Å². The molecule has 2 rings (SSSR count). The summed E-state index contributed by atoms with van der Waals surface area (Å²) >= 11 is 0. The van der Waals surface area contributed by atoms with Crippen LogP contribution in [0.2, 0.25) is 0 Å². The molecular formula is C13H22N2O3S. The monoisotopic (exact) mass is 286 g/mol. The van der Waals surface area contributed by atoms with Gasteiger partial charge in [0.25, 0.3) is 0 Å². The lowest BCUT2D eigenvalue weighted by molar-refractivity contribution is -0.161. The van der Waals surface area contributed by atoms with Crippen molar-refractivity contribution in [2.45, 2.75) is 38.8 Å². The highest BCUT2D eigenvalue weighted by atomic mass is 32.2. The summed E-state index contributed by atoms with van der Waals surface area (Å²) in [6.07, 6.45) is 3.30. The molecule has 0 saturated carbocycles. The van der Waals surface area contributed by atoms with E-state index in [4.69, 9.17) is 0 Å². The average Bonchev–Trinajstić information content (AvgIpc) is 2.80. The molecule has 6 heteroatoms. The smallest absolute Gasteiger partial charge is 0.246 e. The molecule has 0 aromatic heterocycles. The van der Waals surface area contributed by atoms with Crippen molar-refractivity contribution in [3.05, 3.63) is 0 Å². The van der Waals surface area contributed by atoms with Gasteiger partial charge in [0, 0.05) is 35.9 Å². The Balaban J connectivity index is 2.23. The Kier molecular flexibility index (Phi) is 4.28. The second-order valence-corrected chi connectivity index (χ2v) is 7.24. The van der Waals surface area contributed by atoms with Crippen LogP contribution < -0.4 is 0 Å². The van der Waals surface area contributed by atoms with Crippen LogP contribution >= 0.6 is 0 Å². The maximum Gasteiger partial charge on any atom is 0.246 e. The molecule has 0 aromatic rings. The van der Waals surface area contributed by atoms with Crippen molar-refractivity contribution in [2.24, 2.45) is 5.92 Å². The first kappa shape index (κ1) is 14.5. The highest BCUT2D eigenvalue weighted by Crippen LogP contribution is 2.29. The van der Waals surface area contributed by atoms with Crippen molar-refractivity contribution in [3.63, 3.8) is 0 Å². The van der Waals surface area contributed by atoms with Crippen LogP contribution in [0, 0.1) is 5.92 Å². The van der Waals surface area contributed by atoms with E-state index in [0.717, 1.165) is 12.8 Å². The number of rotatable bonds is 4. The molecule has 2 saturated heterocycles. The zero-order chi connectivity index (χ0) is 14.2. The molecular weight excluding hydrogens is 264 g/mol. The Hall–Kier alpha value is -0.910. The summed E-state index contributed by atoms with van der Waals surface area (Å²) in [4.78, 5) is 28.4. The van der Waals surface area contributed by atoms with Gasteiger partial charge < -0.3 is 9.80 Å². The molecule has 0 aliphatic carbocycles. The molecule has 3 atom stereocenters. The first-order chi connectivity index (χ1) is 8.93. The number of nitrogens with zero attached hydrogens (tertiary/aromatic N) is 2. The summed E-state index contributed by atoms with van der Waals surface area (Å²) in [5.74, 6) is 0.637. The summed E-state index contributed by atoms with van der Waals surface area (Å²) in [6, 6.07) is -0.654. The van der Waals surface area contributed by atoms with Crippen LogP contribution in [0.4, 0.5) is 0 Å². The fourth-order valence-electron chi connectivity index (χ4n) is 3.04. The van der Waals surface area contributed by atoms with E-state index in [-0.39, 0.29) is 29.8 Å². The van der Waals surface area contributed by atoms with Gasteiger partial charge in [-0.05, 0) is 18.8 Å². The maximum atomic E-state index is 12.5. The van der Waals surface area contributed by atoms with Crippen molar-refractivity contribution in [3.8, 4) is 0 Å². The van der Waals surface area contributed by atoms with Gasteiger partial charge in [-0.15, -0.1) is 0 Å². The summed E-state index contributed by atoms with van der Waals surface area (Å²) in [5, 5.41) is 0. The quantitative estimate of drug-likeness (QED) is 0.743. The number of carbonyl (C=O) groups is 2. The molecule has 2 heterocycles. The van der Waals surface area contributed by atoms with E-state index >= 15 is 0 Å². The zero-order valence-electron chi connectivity index (χ0n) is 11.8. The van der Waals surface area contributed by atoms with Crippen molar-refractivity contribution in [2.75, 3.05) is 25.1 Å². The minimum absolute atomic E-state index is 0.0428. The Morgan fingerprint density at radius 2 is 2.00 bits per heavy atom. The van der Waals surface area contributed by atoms with Crippen LogP contribution in [-0.2, 0) is 20.4 Å². The summed E-state index contributed by atoms with van der Waals surface area (Å²) in [5.41, 5.74) is 0. The molecule has 19 heavy (non-hydrogen) atoms. The van der Waals surface area contributed by atoms with Gasteiger partial charge in [-0.2, -0.15) is 0 Å². The Morgan fingerprint density at radius 1 is 1.32 bits per heavy atom. The van der Waals surface area contributed by atoms with Gasteiger partial charge in [-0.1, -0.05) is 13.8 Å². The predicted molar refractivity (Wildman–Crippen MR) is 74.0 cm³/mol. The third-order valence-electron chi connectivity index (χ3n) is 3.94. The second kappa shape index (κ2) is 5.61. The molecule has 2 aliphatic heterocycles. The molecule has 2 fully saturated rings. The Labute approximate surface area is 116 Å². The van der Waals surface area contributed by atoms with E-state index in [1.54, 1.807) is 16.1 Å². The summed E-state index contributed by atoms with van der Waals surface area (Å²) in [7, 11) is -0.947. The van der Waals surface area contributed by atoms with Gasteiger partial charge >= 0.3 is 0 Å². The largest absolute Gasteiger partial charge is 0.329 e. The van der Waals surface area contributed by atoms with E-state index in [1.807, 2.05) is 13.8 Å². The van der Waals surface area contributed by atoms with Crippen LogP contribution in [0.15, 0.2) is 0 Å². The summed E-state index contributed by atoms with van der Waals surface area (Å²) in [6.45, 7) is 5.04. The highest BCUT2D eigenvalue weighted by Gasteiger charge is 2.48. The number of piperazine rings is 1. The van der Waals surface area contributed by atoms with Crippen molar-refractivity contribution in [1.29, 1.82) is 0 Å². The minimum Gasteiger partial charge on any atom is -0.329 e. The lowest BCUT2D eigenvalue weighted by Gasteiger charge is -2.43. The molecule has 3 unspecified atom stereocenters. The zero-order valence-corrected chi connectivity index (χ0v) is 12.6. The SMILES string of the molecule is CC(C)C1C(=O)N2CCCC2C(=O)N1CCS(C)=O. The van der Waals surface area contributed by atoms with Crippen LogP contribution in [0.1, 0.15) is 26.7 Å². The van der Waals surface area contributed by atoms with E-state index < -0.39 is 10.8 Å². The first-order valence-electron chi connectivity index (χ1n) is 6.84. The van der Waals surface area contributed by atoms with E-state index in [0.29, 0.717) is 18.8 Å². The molecule has 108 valence electrons. The number of amides is 2.